The fourth-order valence-electron chi connectivity index (χ4n) is 5.17. The molecule has 0 aromatic rings. The van der Waals surface area contributed by atoms with Crippen molar-refractivity contribution in [2.45, 2.75) is 174 Å². The standard InChI is InChI=1S/C42H73O8P/c1-4-6-8-10-12-14-16-18-19-20-21-22-23-25-26-28-30-32-34-36-41(43)48-38-40(39-49-51(45,46)47-3)50-42(44)37-35-33-31-29-27-24-17-15-13-11-9-7-5-2/h7,9,12-15,18-19,24,27,40H,4-6,8,10-11,16-17,20-23,25-26,28-39H2,1-3H3,(H,45,46)/b9-7-,14-12-,15-13-,19-18-,27-24-. The molecule has 2 unspecified atom stereocenters. The fraction of sp³-hybridized carbons (Fsp3) is 0.714. The molecule has 0 saturated heterocycles. The first-order chi connectivity index (χ1) is 24.8. The lowest BCUT2D eigenvalue weighted by atomic mass is 10.1. The predicted molar refractivity (Wildman–Crippen MR) is 211 cm³/mol. The Kier molecular flexibility index (Phi) is 35.9. The Labute approximate surface area is 311 Å². The van der Waals surface area contributed by atoms with E-state index >= 15 is 0 Å². The van der Waals surface area contributed by atoms with Gasteiger partial charge in [0.05, 0.1) is 6.61 Å². The second-order valence-corrected chi connectivity index (χ2v) is 14.6. The van der Waals surface area contributed by atoms with Gasteiger partial charge in [0.25, 0.3) is 0 Å². The molecule has 0 fully saturated rings. The SMILES string of the molecule is CC/C=C\C/C=C\C/C=C\CCCCCC(=O)OC(COC(=O)CCCCCCCCCCC/C=C\C/C=C\CCCCC)COP(=O)(O)OC. The highest BCUT2D eigenvalue weighted by Gasteiger charge is 2.24. The van der Waals surface area contributed by atoms with Crippen LogP contribution in [0.1, 0.15) is 168 Å². The summed E-state index contributed by atoms with van der Waals surface area (Å²) in [5.74, 6) is -0.847. The number of allylic oxidation sites excluding steroid dienone is 10. The van der Waals surface area contributed by atoms with Gasteiger partial charge in [-0.3, -0.25) is 18.6 Å². The smallest absolute Gasteiger partial charge is 0.462 e. The van der Waals surface area contributed by atoms with Crippen LogP contribution in [0.3, 0.4) is 0 Å². The van der Waals surface area contributed by atoms with Crippen LogP contribution >= 0.6 is 7.82 Å². The van der Waals surface area contributed by atoms with Crippen LogP contribution in [-0.4, -0.2) is 43.3 Å². The normalized spacial score (nSPS) is 14.0. The molecule has 294 valence electrons. The van der Waals surface area contributed by atoms with Crippen molar-refractivity contribution in [3.63, 3.8) is 0 Å². The topological polar surface area (TPSA) is 108 Å². The number of rotatable bonds is 36. The summed E-state index contributed by atoms with van der Waals surface area (Å²) in [6, 6.07) is 0. The molecule has 0 aliphatic heterocycles. The zero-order valence-electron chi connectivity index (χ0n) is 32.5. The number of unbranched alkanes of at least 4 members (excludes halogenated alkanes) is 15. The highest BCUT2D eigenvalue weighted by Crippen LogP contribution is 2.42. The first-order valence-electron chi connectivity index (χ1n) is 20.0. The zero-order valence-corrected chi connectivity index (χ0v) is 33.4. The monoisotopic (exact) mass is 737 g/mol. The second kappa shape index (κ2) is 37.5. The van der Waals surface area contributed by atoms with Gasteiger partial charge in [-0.25, -0.2) is 4.57 Å². The largest absolute Gasteiger partial charge is 0.472 e. The highest BCUT2D eigenvalue weighted by molar-refractivity contribution is 7.47. The van der Waals surface area contributed by atoms with Crippen LogP contribution in [0, 0.1) is 0 Å². The zero-order chi connectivity index (χ0) is 37.5. The van der Waals surface area contributed by atoms with Gasteiger partial charge in [0.2, 0.25) is 0 Å². The van der Waals surface area contributed by atoms with Gasteiger partial charge >= 0.3 is 19.8 Å². The average molecular weight is 737 g/mol. The van der Waals surface area contributed by atoms with E-state index < -0.39 is 26.5 Å². The first kappa shape index (κ1) is 48.8. The molecule has 0 aliphatic carbocycles. The van der Waals surface area contributed by atoms with Crippen LogP contribution < -0.4 is 0 Å². The van der Waals surface area contributed by atoms with E-state index in [4.69, 9.17) is 14.0 Å². The Morgan fingerprint density at radius 3 is 1.51 bits per heavy atom. The summed E-state index contributed by atoms with van der Waals surface area (Å²) in [4.78, 5) is 34.4. The van der Waals surface area contributed by atoms with Crippen LogP contribution in [-0.2, 0) is 32.7 Å². The minimum Gasteiger partial charge on any atom is -0.462 e. The van der Waals surface area contributed by atoms with Gasteiger partial charge in [-0.15, -0.1) is 0 Å². The number of carbonyl (C=O) groups is 2. The van der Waals surface area contributed by atoms with Crippen molar-refractivity contribution < 1.29 is 37.6 Å². The quantitative estimate of drug-likeness (QED) is 0.0293. The van der Waals surface area contributed by atoms with E-state index in [1.54, 1.807) is 0 Å². The summed E-state index contributed by atoms with van der Waals surface area (Å²) in [7, 11) is -3.22. The number of phosphoric ester groups is 1. The summed E-state index contributed by atoms with van der Waals surface area (Å²) in [6.07, 6.45) is 45.6. The van der Waals surface area contributed by atoms with Crippen molar-refractivity contribution in [3.05, 3.63) is 60.8 Å². The van der Waals surface area contributed by atoms with Crippen LogP contribution in [0.2, 0.25) is 0 Å². The molecule has 2 atom stereocenters. The van der Waals surface area contributed by atoms with Crippen molar-refractivity contribution >= 4 is 19.8 Å². The van der Waals surface area contributed by atoms with Crippen LogP contribution in [0.25, 0.3) is 0 Å². The summed E-state index contributed by atoms with van der Waals surface area (Å²) >= 11 is 0. The number of phosphoric acid groups is 1. The van der Waals surface area contributed by atoms with E-state index in [9.17, 15) is 19.0 Å². The van der Waals surface area contributed by atoms with Crippen LogP contribution in [0.15, 0.2) is 60.8 Å². The first-order valence-corrected chi connectivity index (χ1v) is 21.5. The molecule has 0 amide bonds. The van der Waals surface area contributed by atoms with E-state index in [0.717, 1.165) is 71.3 Å². The van der Waals surface area contributed by atoms with E-state index in [2.05, 4.69) is 79.1 Å². The lowest BCUT2D eigenvalue weighted by Gasteiger charge is -2.19. The van der Waals surface area contributed by atoms with E-state index in [0.29, 0.717) is 6.42 Å². The number of hydrogen-bond donors (Lipinski definition) is 1. The van der Waals surface area contributed by atoms with Gasteiger partial charge in [-0.2, -0.15) is 0 Å². The molecule has 0 spiro atoms. The minimum atomic E-state index is -4.27. The summed E-state index contributed by atoms with van der Waals surface area (Å²) in [5.41, 5.74) is 0. The molecule has 9 heteroatoms. The maximum Gasteiger partial charge on any atom is 0.472 e. The van der Waals surface area contributed by atoms with Crippen molar-refractivity contribution in [3.8, 4) is 0 Å². The third kappa shape index (κ3) is 37.3. The number of hydrogen-bond acceptors (Lipinski definition) is 7. The lowest BCUT2D eigenvalue weighted by Crippen LogP contribution is -2.29. The molecule has 0 aromatic carbocycles. The second-order valence-electron chi connectivity index (χ2n) is 13.0. The Morgan fingerprint density at radius 2 is 1.00 bits per heavy atom. The van der Waals surface area contributed by atoms with Gasteiger partial charge in [-0.1, -0.05) is 139 Å². The maximum atomic E-state index is 12.4. The molecule has 0 heterocycles. The van der Waals surface area contributed by atoms with E-state index in [1.165, 1.54) is 70.6 Å². The number of carbonyl (C=O) groups excluding carboxylic acids is 2. The lowest BCUT2D eigenvalue weighted by molar-refractivity contribution is -0.161. The van der Waals surface area contributed by atoms with Gasteiger partial charge < -0.3 is 14.4 Å². The van der Waals surface area contributed by atoms with Gasteiger partial charge in [0.1, 0.15) is 6.61 Å². The third-order valence-corrected chi connectivity index (χ3v) is 9.18. The molecule has 0 aliphatic rings. The van der Waals surface area contributed by atoms with Crippen LogP contribution in [0.5, 0.6) is 0 Å². The average Bonchev–Trinajstić information content (AvgIpc) is 3.12. The molecule has 0 bridgehead atoms. The Balaban J connectivity index is 4.05. The Morgan fingerprint density at radius 1 is 0.569 bits per heavy atom. The van der Waals surface area contributed by atoms with Crippen molar-refractivity contribution in [1.29, 1.82) is 0 Å². The molecule has 8 nitrogen and oxygen atoms in total. The molecule has 51 heavy (non-hydrogen) atoms. The molecule has 0 radical (unpaired) electrons. The van der Waals surface area contributed by atoms with Crippen molar-refractivity contribution in [1.82, 2.24) is 0 Å². The molecule has 0 saturated carbocycles. The minimum absolute atomic E-state index is 0.206. The molecular weight excluding hydrogens is 663 g/mol. The highest BCUT2D eigenvalue weighted by atomic mass is 31.2. The number of esters is 2. The third-order valence-electron chi connectivity index (χ3n) is 8.25. The fourth-order valence-corrected chi connectivity index (χ4v) is 5.63. The maximum absolute atomic E-state index is 12.4. The molecular formula is C42H73O8P. The van der Waals surface area contributed by atoms with E-state index in [1.807, 2.05) is 0 Å². The summed E-state index contributed by atoms with van der Waals surface area (Å²) < 4.78 is 31.9. The predicted octanol–water partition coefficient (Wildman–Crippen LogP) is 12.4. The Hall–Kier alpha value is -2.25. The van der Waals surface area contributed by atoms with Crippen LogP contribution in [0.4, 0.5) is 0 Å². The van der Waals surface area contributed by atoms with Crippen molar-refractivity contribution in [2.24, 2.45) is 0 Å². The Bertz CT molecular complexity index is 1020. The number of ether oxygens (including phenoxy) is 2. The molecule has 1 N–H and O–H groups in total. The van der Waals surface area contributed by atoms with Gasteiger partial charge in [0.15, 0.2) is 6.10 Å². The molecule has 0 aromatic heterocycles. The summed E-state index contributed by atoms with van der Waals surface area (Å²) in [5, 5.41) is 0. The van der Waals surface area contributed by atoms with Crippen molar-refractivity contribution in [2.75, 3.05) is 20.3 Å². The van der Waals surface area contributed by atoms with Gasteiger partial charge in [0, 0.05) is 20.0 Å². The molecule has 0 rings (SSSR count). The summed E-state index contributed by atoms with van der Waals surface area (Å²) in [6.45, 7) is 3.71. The van der Waals surface area contributed by atoms with E-state index in [-0.39, 0.29) is 25.4 Å². The van der Waals surface area contributed by atoms with Gasteiger partial charge in [-0.05, 0) is 77.0 Å².